The van der Waals surface area contributed by atoms with Gasteiger partial charge in [-0.1, -0.05) is 18.2 Å². The first-order valence-electron chi connectivity index (χ1n) is 10.1. The summed E-state index contributed by atoms with van der Waals surface area (Å²) in [5.41, 5.74) is 1.54. The van der Waals surface area contributed by atoms with Gasteiger partial charge in [-0.15, -0.1) is 6.58 Å². The molecule has 30 heavy (non-hydrogen) atoms. The normalized spacial score (nSPS) is 14.9. The van der Waals surface area contributed by atoms with E-state index >= 15 is 0 Å². The van der Waals surface area contributed by atoms with Gasteiger partial charge < -0.3 is 19.7 Å². The minimum absolute atomic E-state index is 0.0200. The zero-order chi connectivity index (χ0) is 21.7. The van der Waals surface area contributed by atoms with E-state index in [1.807, 2.05) is 45.0 Å². The first-order chi connectivity index (χ1) is 14.3. The Morgan fingerprint density at radius 1 is 1.27 bits per heavy atom. The van der Waals surface area contributed by atoms with E-state index in [2.05, 4.69) is 11.9 Å². The Hall–Kier alpha value is -3.28. The molecule has 0 aromatic heterocycles. The van der Waals surface area contributed by atoms with Gasteiger partial charge in [0.1, 0.15) is 18.1 Å². The number of carbonyl (C=O) groups excluding carboxylic acids is 2. The average Bonchev–Trinajstić information content (AvgIpc) is 2.80. The average molecular weight is 408 g/mol. The highest BCUT2D eigenvalue weighted by Crippen LogP contribution is 2.38. The van der Waals surface area contributed by atoms with Gasteiger partial charge in [0, 0.05) is 18.3 Å². The predicted molar refractivity (Wildman–Crippen MR) is 118 cm³/mol. The Labute approximate surface area is 177 Å². The van der Waals surface area contributed by atoms with Crippen LogP contribution >= 0.6 is 0 Å². The lowest BCUT2D eigenvalue weighted by Gasteiger charge is -2.27. The number of fused-ring (bicyclic) bond motifs is 1. The van der Waals surface area contributed by atoms with Crippen LogP contribution in [0.25, 0.3) is 0 Å². The Balaban J connectivity index is 1.74. The van der Waals surface area contributed by atoms with Crippen molar-refractivity contribution in [1.29, 1.82) is 0 Å². The molecule has 0 fully saturated rings. The molecule has 0 atom stereocenters. The number of rotatable bonds is 7. The Bertz CT molecular complexity index is 935. The van der Waals surface area contributed by atoms with E-state index in [1.54, 1.807) is 29.2 Å². The van der Waals surface area contributed by atoms with Crippen LogP contribution in [0.1, 0.15) is 26.3 Å². The fraction of sp³-hybridized carbons (Fsp3) is 0.333. The van der Waals surface area contributed by atoms with Crippen molar-refractivity contribution in [2.45, 2.75) is 27.2 Å². The molecule has 0 saturated heterocycles. The Morgan fingerprint density at radius 3 is 2.67 bits per heavy atom. The molecule has 6 heteroatoms. The van der Waals surface area contributed by atoms with Gasteiger partial charge in [-0.2, -0.15) is 0 Å². The van der Waals surface area contributed by atoms with Gasteiger partial charge >= 0.3 is 0 Å². The van der Waals surface area contributed by atoms with Crippen LogP contribution < -0.4 is 19.7 Å². The molecule has 2 aromatic carbocycles. The first-order valence-corrected chi connectivity index (χ1v) is 10.1. The first kappa shape index (κ1) is 21.4. The van der Waals surface area contributed by atoms with E-state index in [1.165, 1.54) is 0 Å². The second-order valence-corrected chi connectivity index (χ2v) is 7.86. The summed E-state index contributed by atoms with van der Waals surface area (Å²) in [6.07, 6.45) is 1.94. The number of carbonyl (C=O) groups is 2. The van der Waals surface area contributed by atoms with Gasteiger partial charge in [-0.05, 0) is 50.6 Å². The van der Waals surface area contributed by atoms with Crippen molar-refractivity contribution in [2.24, 2.45) is 5.41 Å². The number of anilines is 2. The van der Waals surface area contributed by atoms with Gasteiger partial charge in [0.2, 0.25) is 11.8 Å². The molecule has 1 aliphatic rings. The maximum Gasteiger partial charge on any atom is 0.236 e. The molecule has 0 unspecified atom stereocenters. The van der Waals surface area contributed by atoms with Gasteiger partial charge in [-0.25, -0.2) is 0 Å². The van der Waals surface area contributed by atoms with E-state index in [9.17, 15) is 9.59 Å². The van der Waals surface area contributed by atoms with Crippen molar-refractivity contribution in [3.05, 3.63) is 60.7 Å². The SMILES string of the molecule is C=CCN1C(=O)C(C)(C)COc2cc(NC(=O)Cc3ccc(OCC)cc3)ccc21. The molecule has 0 saturated carbocycles. The van der Waals surface area contributed by atoms with Crippen molar-refractivity contribution in [1.82, 2.24) is 0 Å². The number of amides is 2. The molecule has 0 spiro atoms. The summed E-state index contributed by atoms with van der Waals surface area (Å²) >= 11 is 0. The molecule has 6 nitrogen and oxygen atoms in total. The number of nitrogens with one attached hydrogen (secondary N) is 1. The smallest absolute Gasteiger partial charge is 0.236 e. The standard InChI is InChI=1S/C24H28N2O4/c1-5-13-26-20-12-9-18(15-21(20)30-16-24(3,4)23(26)28)25-22(27)14-17-7-10-19(11-8-17)29-6-2/h5,7-12,15H,1,6,13-14,16H2,2-4H3,(H,25,27). The molecule has 1 heterocycles. The largest absolute Gasteiger partial charge is 0.494 e. The fourth-order valence-electron chi connectivity index (χ4n) is 3.30. The summed E-state index contributed by atoms with van der Waals surface area (Å²) in [6, 6.07) is 12.8. The van der Waals surface area contributed by atoms with Crippen molar-refractivity contribution in [2.75, 3.05) is 30.0 Å². The van der Waals surface area contributed by atoms with Crippen molar-refractivity contribution < 1.29 is 19.1 Å². The molecule has 158 valence electrons. The zero-order valence-electron chi connectivity index (χ0n) is 17.7. The summed E-state index contributed by atoms with van der Waals surface area (Å²) in [4.78, 5) is 27.0. The molecule has 0 aliphatic carbocycles. The van der Waals surface area contributed by atoms with E-state index in [-0.39, 0.29) is 24.8 Å². The fourth-order valence-corrected chi connectivity index (χ4v) is 3.30. The number of ether oxygens (including phenoxy) is 2. The molecule has 1 N–H and O–H groups in total. The minimum Gasteiger partial charge on any atom is -0.494 e. The Morgan fingerprint density at radius 2 is 2.00 bits per heavy atom. The summed E-state index contributed by atoms with van der Waals surface area (Å²) in [6.45, 7) is 10.7. The molecule has 2 aromatic rings. The highest BCUT2D eigenvalue weighted by Gasteiger charge is 2.37. The summed E-state index contributed by atoms with van der Waals surface area (Å²) in [7, 11) is 0. The van der Waals surface area contributed by atoms with E-state index in [0.29, 0.717) is 30.3 Å². The molecule has 0 bridgehead atoms. The van der Waals surface area contributed by atoms with Crippen LogP contribution in [0.15, 0.2) is 55.1 Å². The molecule has 0 radical (unpaired) electrons. The molecule has 1 aliphatic heterocycles. The predicted octanol–water partition coefficient (Wildman–Crippen LogP) is 4.20. The number of hydrogen-bond acceptors (Lipinski definition) is 4. The van der Waals surface area contributed by atoms with Gasteiger partial charge in [0.15, 0.2) is 0 Å². The lowest BCUT2D eigenvalue weighted by Crippen LogP contribution is -2.42. The molecular formula is C24H28N2O4. The lowest BCUT2D eigenvalue weighted by atomic mass is 9.93. The third-order valence-corrected chi connectivity index (χ3v) is 4.86. The minimum atomic E-state index is -0.654. The summed E-state index contributed by atoms with van der Waals surface area (Å²) in [5.74, 6) is 1.20. The summed E-state index contributed by atoms with van der Waals surface area (Å²) in [5, 5.41) is 2.91. The zero-order valence-corrected chi connectivity index (χ0v) is 17.7. The lowest BCUT2D eigenvalue weighted by molar-refractivity contribution is -0.127. The quantitative estimate of drug-likeness (QED) is 0.697. The number of nitrogens with zero attached hydrogens (tertiary/aromatic N) is 1. The van der Waals surface area contributed by atoms with Crippen LogP contribution in [0.2, 0.25) is 0 Å². The molecule has 2 amide bonds. The van der Waals surface area contributed by atoms with E-state index in [4.69, 9.17) is 9.47 Å². The molecule has 3 rings (SSSR count). The van der Waals surface area contributed by atoms with Crippen LogP contribution in [0.3, 0.4) is 0 Å². The van der Waals surface area contributed by atoms with Gasteiger partial charge in [0.25, 0.3) is 0 Å². The third kappa shape index (κ3) is 4.82. The second-order valence-electron chi connectivity index (χ2n) is 7.86. The van der Waals surface area contributed by atoms with Gasteiger partial charge in [0.05, 0.1) is 24.1 Å². The number of hydrogen-bond donors (Lipinski definition) is 1. The molecular weight excluding hydrogens is 380 g/mol. The van der Waals surface area contributed by atoms with E-state index < -0.39 is 5.41 Å². The maximum absolute atomic E-state index is 12.9. The van der Waals surface area contributed by atoms with Crippen LogP contribution in [-0.4, -0.2) is 31.6 Å². The van der Waals surface area contributed by atoms with Crippen molar-refractivity contribution >= 4 is 23.2 Å². The van der Waals surface area contributed by atoms with E-state index in [0.717, 1.165) is 11.3 Å². The van der Waals surface area contributed by atoms with Crippen molar-refractivity contribution in [3.8, 4) is 11.5 Å². The van der Waals surface area contributed by atoms with Crippen LogP contribution in [-0.2, 0) is 16.0 Å². The number of benzene rings is 2. The van der Waals surface area contributed by atoms with Crippen molar-refractivity contribution in [3.63, 3.8) is 0 Å². The summed E-state index contributed by atoms with van der Waals surface area (Å²) < 4.78 is 11.3. The maximum atomic E-state index is 12.9. The monoisotopic (exact) mass is 408 g/mol. The van der Waals surface area contributed by atoms with Gasteiger partial charge in [-0.3, -0.25) is 9.59 Å². The third-order valence-electron chi connectivity index (χ3n) is 4.86. The van der Waals surface area contributed by atoms with Crippen LogP contribution in [0.4, 0.5) is 11.4 Å². The highest BCUT2D eigenvalue weighted by atomic mass is 16.5. The van der Waals surface area contributed by atoms with Crippen LogP contribution in [0.5, 0.6) is 11.5 Å². The topological polar surface area (TPSA) is 67.9 Å². The second kappa shape index (κ2) is 9.03. The highest BCUT2D eigenvalue weighted by molar-refractivity contribution is 6.00. The van der Waals surface area contributed by atoms with Crippen LogP contribution in [0, 0.1) is 5.41 Å². The Kier molecular flexibility index (Phi) is 6.45.